The lowest BCUT2D eigenvalue weighted by Crippen LogP contribution is -2.36. The minimum atomic E-state index is 0. The SMILES string of the molecule is CN=C(NCc1ccccc1)NCc1ccc(OCCOC)nc1.I. The fourth-order valence-electron chi connectivity index (χ4n) is 2.02. The van der Waals surface area contributed by atoms with Crippen molar-refractivity contribution in [1.29, 1.82) is 0 Å². The van der Waals surface area contributed by atoms with Gasteiger partial charge in [0.1, 0.15) is 6.61 Å². The molecule has 0 aliphatic carbocycles. The van der Waals surface area contributed by atoms with Crippen molar-refractivity contribution in [3.8, 4) is 5.88 Å². The number of halogens is 1. The molecule has 2 N–H and O–H groups in total. The number of aliphatic imine (C=N–C) groups is 1. The number of pyridine rings is 1. The molecule has 6 nitrogen and oxygen atoms in total. The summed E-state index contributed by atoms with van der Waals surface area (Å²) in [6.45, 7) is 2.41. The maximum atomic E-state index is 5.44. The second-order valence-electron chi connectivity index (χ2n) is 5.11. The number of aromatic nitrogens is 1. The van der Waals surface area contributed by atoms with Crippen LogP contribution in [0.2, 0.25) is 0 Å². The normalized spacial score (nSPS) is 10.7. The summed E-state index contributed by atoms with van der Waals surface area (Å²) in [7, 11) is 3.40. The molecule has 136 valence electrons. The van der Waals surface area contributed by atoms with Gasteiger partial charge >= 0.3 is 0 Å². The zero-order chi connectivity index (χ0) is 17.0. The number of ether oxygens (including phenoxy) is 2. The molecule has 25 heavy (non-hydrogen) atoms. The Hall–Kier alpha value is -1.87. The van der Waals surface area contributed by atoms with E-state index in [-0.39, 0.29) is 24.0 Å². The average Bonchev–Trinajstić information content (AvgIpc) is 2.64. The quantitative estimate of drug-likeness (QED) is 0.277. The van der Waals surface area contributed by atoms with E-state index >= 15 is 0 Å². The zero-order valence-electron chi connectivity index (χ0n) is 14.6. The van der Waals surface area contributed by atoms with Crippen molar-refractivity contribution in [2.24, 2.45) is 4.99 Å². The highest BCUT2D eigenvalue weighted by Crippen LogP contribution is 2.07. The van der Waals surface area contributed by atoms with Gasteiger partial charge in [0.15, 0.2) is 5.96 Å². The molecule has 0 spiro atoms. The van der Waals surface area contributed by atoms with Gasteiger partial charge in [-0.3, -0.25) is 4.99 Å². The summed E-state index contributed by atoms with van der Waals surface area (Å²) in [5.74, 6) is 1.35. The molecular formula is C18H25IN4O2. The number of rotatable bonds is 8. The third kappa shape index (κ3) is 8.17. The van der Waals surface area contributed by atoms with Gasteiger partial charge in [-0.2, -0.15) is 0 Å². The molecule has 1 aromatic heterocycles. The molecule has 0 bridgehead atoms. The number of methoxy groups -OCH3 is 1. The van der Waals surface area contributed by atoms with E-state index < -0.39 is 0 Å². The molecular weight excluding hydrogens is 431 g/mol. The number of hydrogen-bond acceptors (Lipinski definition) is 4. The van der Waals surface area contributed by atoms with Crippen LogP contribution in [0, 0.1) is 0 Å². The molecule has 0 amide bonds. The van der Waals surface area contributed by atoms with Gasteiger partial charge in [0.25, 0.3) is 0 Å². The zero-order valence-corrected chi connectivity index (χ0v) is 16.9. The molecule has 0 aliphatic rings. The Morgan fingerprint density at radius 2 is 1.72 bits per heavy atom. The predicted octanol–water partition coefficient (Wildman–Crippen LogP) is 2.59. The van der Waals surface area contributed by atoms with Crippen LogP contribution in [-0.4, -0.2) is 38.3 Å². The first kappa shape index (κ1) is 21.2. The summed E-state index contributed by atoms with van der Waals surface area (Å²) < 4.78 is 10.4. The Balaban J connectivity index is 0.00000312. The Labute approximate surface area is 166 Å². The van der Waals surface area contributed by atoms with Gasteiger partial charge < -0.3 is 20.1 Å². The lowest BCUT2D eigenvalue weighted by molar-refractivity contribution is 0.143. The molecule has 1 aromatic carbocycles. The van der Waals surface area contributed by atoms with Crippen LogP contribution in [0.1, 0.15) is 11.1 Å². The molecule has 7 heteroatoms. The molecule has 2 aromatic rings. The Bertz CT molecular complexity index is 621. The largest absolute Gasteiger partial charge is 0.475 e. The van der Waals surface area contributed by atoms with Crippen LogP contribution in [0.5, 0.6) is 5.88 Å². The van der Waals surface area contributed by atoms with Crippen LogP contribution < -0.4 is 15.4 Å². The lowest BCUT2D eigenvalue weighted by Gasteiger charge is -2.12. The first-order chi connectivity index (χ1) is 11.8. The van der Waals surface area contributed by atoms with E-state index in [1.165, 1.54) is 5.56 Å². The number of guanidine groups is 1. The van der Waals surface area contributed by atoms with E-state index in [0.29, 0.717) is 25.6 Å². The van der Waals surface area contributed by atoms with Gasteiger partial charge in [0.05, 0.1) is 6.61 Å². The van der Waals surface area contributed by atoms with Crippen molar-refractivity contribution >= 4 is 29.9 Å². The van der Waals surface area contributed by atoms with Gasteiger partial charge in [-0.1, -0.05) is 36.4 Å². The van der Waals surface area contributed by atoms with Crippen molar-refractivity contribution in [2.45, 2.75) is 13.1 Å². The van der Waals surface area contributed by atoms with E-state index in [1.807, 2.05) is 30.3 Å². The smallest absolute Gasteiger partial charge is 0.213 e. The van der Waals surface area contributed by atoms with Gasteiger partial charge in [0.2, 0.25) is 5.88 Å². The van der Waals surface area contributed by atoms with Crippen LogP contribution >= 0.6 is 24.0 Å². The molecule has 0 atom stereocenters. The first-order valence-corrected chi connectivity index (χ1v) is 7.87. The third-order valence-electron chi connectivity index (χ3n) is 3.32. The monoisotopic (exact) mass is 456 g/mol. The Morgan fingerprint density at radius 1 is 1.00 bits per heavy atom. The van der Waals surface area contributed by atoms with E-state index in [4.69, 9.17) is 9.47 Å². The van der Waals surface area contributed by atoms with Gasteiger partial charge in [-0.25, -0.2) is 4.98 Å². The summed E-state index contributed by atoms with van der Waals surface area (Å²) in [6, 6.07) is 14.0. The van der Waals surface area contributed by atoms with E-state index in [2.05, 4.69) is 32.7 Å². The summed E-state index contributed by atoms with van der Waals surface area (Å²) in [5.41, 5.74) is 2.26. The second kappa shape index (κ2) is 12.5. The van der Waals surface area contributed by atoms with Crippen LogP contribution in [0.15, 0.2) is 53.7 Å². The molecule has 0 radical (unpaired) electrons. The van der Waals surface area contributed by atoms with Crippen molar-refractivity contribution in [1.82, 2.24) is 15.6 Å². The second-order valence-corrected chi connectivity index (χ2v) is 5.11. The third-order valence-corrected chi connectivity index (χ3v) is 3.32. The molecule has 1 heterocycles. The molecule has 0 saturated carbocycles. The highest BCUT2D eigenvalue weighted by molar-refractivity contribution is 14.0. The van der Waals surface area contributed by atoms with Crippen LogP contribution in [0.4, 0.5) is 0 Å². The van der Waals surface area contributed by atoms with Gasteiger partial charge in [-0.05, 0) is 11.1 Å². The topological polar surface area (TPSA) is 67.8 Å². The number of hydrogen-bond donors (Lipinski definition) is 2. The van der Waals surface area contributed by atoms with E-state index in [9.17, 15) is 0 Å². The molecule has 0 fully saturated rings. The maximum Gasteiger partial charge on any atom is 0.213 e. The van der Waals surface area contributed by atoms with Gasteiger partial charge in [-0.15, -0.1) is 24.0 Å². The van der Waals surface area contributed by atoms with Crippen LogP contribution in [0.3, 0.4) is 0 Å². The number of benzene rings is 1. The summed E-state index contributed by atoms with van der Waals surface area (Å²) in [5, 5.41) is 6.55. The highest BCUT2D eigenvalue weighted by Gasteiger charge is 2.00. The highest BCUT2D eigenvalue weighted by atomic mass is 127. The lowest BCUT2D eigenvalue weighted by atomic mass is 10.2. The van der Waals surface area contributed by atoms with Crippen molar-refractivity contribution in [3.63, 3.8) is 0 Å². The minimum absolute atomic E-state index is 0. The minimum Gasteiger partial charge on any atom is -0.475 e. The van der Waals surface area contributed by atoms with E-state index in [0.717, 1.165) is 18.1 Å². The molecule has 0 aliphatic heterocycles. The molecule has 2 rings (SSSR count). The standard InChI is InChI=1S/C18H24N4O2.HI/c1-19-18(21-12-15-6-4-3-5-7-15)22-14-16-8-9-17(20-13-16)24-11-10-23-2;/h3-9,13H,10-12,14H2,1-2H3,(H2,19,21,22);1H. The van der Waals surface area contributed by atoms with E-state index in [1.54, 1.807) is 20.4 Å². The summed E-state index contributed by atoms with van der Waals surface area (Å²) in [4.78, 5) is 8.49. The predicted molar refractivity (Wildman–Crippen MR) is 111 cm³/mol. The maximum absolute atomic E-state index is 5.44. The Kier molecular flexibility index (Phi) is 10.6. The molecule has 0 saturated heterocycles. The van der Waals surface area contributed by atoms with Crippen molar-refractivity contribution in [2.75, 3.05) is 27.4 Å². The van der Waals surface area contributed by atoms with Crippen LogP contribution in [0.25, 0.3) is 0 Å². The number of nitrogens with zero attached hydrogens (tertiary/aromatic N) is 2. The summed E-state index contributed by atoms with van der Waals surface area (Å²) >= 11 is 0. The van der Waals surface area contributed by atoms with Crippen molar-refractivity contribution in [3.05, 3.63) is 59.8 Å². The first-order valence-electron chi connectivity index (χ1n) is 7.87. The van der Waals surface area contributed by atoms with Crippen molar-refractivity contribution < 1.29 is 9.47 Å². The number of nitrogens with one attached hydrogen (secondary N) is 2. The fraction of sp³-hybridized carbons (Fsp3) is 0.333. The average molecular weight is 456 g/mol. The Morgan fingerprint density at radius 3 is 2.32 bits per heavy atom. The van der Waals surface area contributed by atoms with Crippen LogP contribution in [-0.2, 0) is 17.8 Å². The summed E-state index contributed by atoms with van der Waals surface area (Å²) in [6.07, 6.45) is 1.79. The van der Waals surface area contributed by atoms with Gasteiger partial charge in [0, 0.05) is 39.5 Å². The fourth-order valence-corrected chi connectivity index (χ4v) is 2.02. The molecule has 0 unspecified atom stereocenters.